The molecular weight excluding hydrogens is 433 g/mol. The van der Waals surface area contributed by atoms with Crippen molar-refractivity contribution in [1.29, 1.82) is 0 Å². The lowest BCUT2D eigenvalue weighted by atomic mass is 10.1. The molecule has 0 spiro atoms. The molecule has 0 unspecified atom stereocenters. The topological polar surface area (TPSA) is 48.1 Å². The quantitative estimate of drug-likeness (QED) is 0.368. The first-order chi connectivity index (χ1) is 16.0. The number of benzene rings is 3. The van der Waals surface area contributed by atoms with Crippen LogP contribution in [-0.2, 0) is 26.1 Å². The van der Waals surface area contributed by atoms with E-state index in [2.05, 4.69) is 23.3 Å². The van der Waals surface area contributed by atoms with Gasteiger partial charge in [0.05, 0.1) is 6.54 Å². The minimum Gasteiger partial charge on any atom is -0.358 e. The number of aryl methyl sites for hydroxylation is 1. The summed E-state index contributed by atoms with van der Waals surface area (Å²) < 4.78 is 13.4. The molecule has 0 aliphatic heterocycles. The lowest BCUT2D eigenvalue weighted by Gasteiger charge is -2.26. The zero-order valence-electron chi connectivity index (χ0n) is 18.5. The van der Waals surface area contributed by atoms with E-state index in [4.69, 9.17) is 12.2 Å². The molecule has 3 aromatic carbocycles. The molecule has 4 aromatic rings. The van der Waals surface area contributed by atoms with Crippen LogP contribution in [0.3, 0.4) is 0 Å². The molecule has 33 heavy (non-hydrogen) atoms. The molecule has 0 radical (unpaired) electrons. The van der Waals surface area contributed by atoms with Crippen molar-refractivity contribution in [3.05, 3.63) is 117 Å². The van der Waals surface area contributed by atoms with Crippen molar-refractivity contribution in [2.45, 2.75) is 33.0 Å². The molecule has 6 heteroatoms. The number of aromatic nitrogens is 1. The van der Waals surface area contributed by atoms with E-state index in [1.54, 1.807) is 12.1 Å². The first kappa shape index (κ1) is 22.7. The standard InChI is InChI=1S/C27H26FN3OS/c1-2-19-10-13-25-22(14-19)15-23(26(32)30-25)18-31(17-21-8-11-24(28)12-9-21)27(33)29-16-20-6-4-3-5-7-20/h3-15H,2,16-18H2,1H3,(H,29,33)(H,30,32). The molecule has 0 fully saturated rings. The van der Waals surface area contributed by atoms with Gasteiger partial charge in [-0.25, -0.2) is 4.39 Å². The molecule has 0 amide bonds. The molecule has 1 heterocycles. The third-order valence-electron chi connectivity index (χ3n) is 5.62. The Morgan fingerprint density at radius 3 is 2.39 bits per heavy atom. The van der Waals surface area contributed by atoms with E-state index < -0.39 is 0 Å². The second-order valence-electron chi connectivity index (χ2n) is 8.03. The second-order valence-corrected chi connectivity index (χ2v) is 8.41. The average molecular weight is 460 g/mol. The Bertz CT molecular complexity index is 1300. The normalized spacial score (nSPS) is 10.8. The first-order valence-corrected chi connectivity index (χ1v) is 11.4. The summed E-state index contributed by atoms with van der Waals surface area (Å²) in [4.78, 5) is 17.8. The molecule has 4 rings (SSSR count). The van der Waals surface area contributed by atoms with E-state index in [1.807, 2.05) is 53.4 Å². The first-order valence-electron chi connectivity index (χ1n) is 11.0. The maximum absolute atomic E-state index is 13.4. The van der Waals surface area contributed by atoms with E-state index in [-0.39, 0.29) is 11.4 Å². The van der Waals surface area contributed by atoms with Crippen LogP contribution in [0.15, 0.2) is 83.7 Å². The van der Waals surface area contributed by atoms with Crippen molar-refractivity contribution < 1.29 is 4.39 Å². The number of H-pyrrole nitrogens is 1. The fourth-order valence-corrected chi connectivity index (χ4v) is 3.94. The summed E-state index contributed by atoms with van der Waals surface area (Å²) in [7, 11) is 0. The molecule has 0 saturated heterocycles. The number of hydrogen-bond donors (Lipinski definition) is 2. The van der Waals surface area contributed by atoms with Crippen molar-refractivity contribution in [1.82, 2.24) is 15.2 Å². The van der Waals surface area contributed by atoms with Crippen molar-refractivity contribution in [3.63, 3.8) is 0 Å². The lowest BCUT2D eigenvalue weighted by molar-refractivity contribution is 0.397. The smallest absolute Gasteiger partial charge is 0.253 e. The van der Waals surface area contributed by atoms with Crippen LogP contribution in [0.1, 0.15) is 29.2 Å². The molecule has 1 aromatic heterocycles. The number of halogens is 1. The van der Waals surface area contributed by atoms with Crippen LogP contribution in [-0.4, -0.2) is 15.0 Å². The van der Waals surface area contributed by atoms with Gasteiger partial charge in [0.15, 0.2) is 5.11 Å². The molecule has 168 valence electrons. The van der Waals surface area contributed by atoms with Crippen LogP contribution in [0.25, 0.3) is 10.9 Å². The number of pyridine rings is 1. The number of fused-ring (bicyclic) bond motifs is 1. The van der Waals surface area contributed by atoms with Gasteiger partial charge >= 0.3 is 0 Å². The summed E-state index contributed by atoms with van der Waals surface area (Å²) in [6.45, 7) is 3.47. The Kier molecular flexibility index (Phi) is 7.15. The van der Waals surface area contributed by atoms with Crippen LogP contribution in [0.4, 0.5) is 4.39 Å². The fraction of sp³-hybridized carbons (Fsp3) is 0.185. The fourth-order valence-electron chi connectivity index (χ4n) is 3.74. The molecule has 0 aliphatic carbocycles. The highest BCUT2D eigenvalue weighted by atomic mass is 32.1. The number of aromatic amines is 1. The minimum atomic E-state index is -0.284. The summed E-state index contributed by atoms with van der Waals surface area (Å²) in [6, 6.07) is 24.3. The maximum atomic E-state index is 13.4. The summed E-state index contributed by atoms with van der Waals surface area (Å²) in [5.41, 5.74) is 4.53. The van der Waals surface area contributed by atoms with Gasteiger partial charge in [0, 0.05) is 24.2 Å². The number of nitrogens with one attached hydrogen (secondary N) is 2. The van der Waals surface area contributed by atoms with Gasteiger partial charge in [0.2, 0.25) is 0 Å². The number of thiocarbonyl (C=S) groups is 1. The molecular formula is C27H26FN3OS. The summed E-state index contributed by atoms with van der Waals surface area (Å²) >= 11 is 5.71. The predicted octanol–water partition coefficient (Wildman–Crippen LogP) is 5.31. The number of rotatable bonds is 7. The zero-order chi connectivity index (χ0) is 23.2. The van der Waals surface area contributed by atoms with E-state index in [0.717, 1.165) is 28.5 Å². The molecule has 0 aliphatic rings. The summed E-state index contributed by atoms with van der Waals surface area (Å²) in [5, 5.41) is 4.82. The highest BCUT2D eigenvalue weighted by Gasteiger charge is 2.14. The van der Waals surface area contributed by atoms with Gasteiger partial charge < -0.3 is 15.2 Å². The van der Waals surface area contributed by atoms with E-state index >= 15 is 0 Å². The van der Waals surface area contributed by atoms with Gasteiger partial charge in [-0.15, -0.1) is 0 Å². The predicted molar refractivity (Wildman–Crippen MR) is 135 cm³/mol. The highest BCUT2D eigenvalue weighted by Crippen LogP contribution is 2.16. The van der Waals surface area contributed by atoms with Crippen LogP contribution in [0, 0.1) is 5.82 Å². The van der Waals surface area contributed by atoms with E-state index in [1.165, 1.54) is 17.7 Å². The number of nitrogens with zero attached hydrogens (tertiary/aromatic N) is 1. The molecule has 0 bridgehead atoms. The minimum absolute atomic E-state index is 0.137. The van der Waals surface area contributed by atoms with Crippen LogP contribution < -0.4 is 10.9 Å². The SMILES string of the molecule is CCc1ccc2[nH]c(=O)c(CN(Cc3ccc(F)cc3)C(=S)NCc3ccccc3)cc2c1. The van der Waals surface area contributed by atoms with Crippen LogP contribution in [0.5, 0.6) is 0 Å². The largest absolute Gasteiger partial charge is 0.358 e. The zero-order valence-corrected chi connectivity index (χ0v) is 19.3. The third-order valence-corrected chi connectivity index (χ3v) is 6.02. The van der Waals surface area contributed by atoms with Crippen molar-refractivity contribution in [3.8, 4) is 0 Å². The molecule has 4 nitrogen and oxygen atoms in total. The van der Waals surface area contributed by atoms with Gasteiger partial charge in [0.1, 0.15) is 5.82 Å². The van der Waals surface area contributed by atoms with Gasteiger partial charge in [-0.1, -0.05) is 55.5 Å². The Morgan fingerprint density at radius 1 is 0.939 bits per heavy atom. The Balaban J connectivity index is 1.60. The average Bonchev–Trinajstić information content (AvgIpc) is 2.84. The highest BCUT2D eigenvalue weighted by molar-refractivity contribution is 7.80. The van der Waals surface area contributed by atoms with Gasteiger partial charge in [0.25, 0.3) is 5.56 Å². The number of hydrogen-bond acceptors (Lipinski definition) is 2. The maximum Gasteiger partial charge on any atom is 0.253 e. The Hall–Kier alpha value is -3.51. The van der Waals surface area contributed by atoms with Crippen LogP contribution in [0.2, 0.25) is 0 Å². The Morgan fingerprint density at radius 2 is 1.67 bits per heavy atom. The monoisotopic (exact) mass is 459 g/mol. The lowest BCUT2D eigenvalue weighted by Crippen LogP contribution is -2.39. The van der Waals surface area contributed by atoms with E-state index in [9.17, 15) is 9.18 Å². The van der Waals surface area contributed by atoms with Gasteiger partial charge in [-0.05, 0) is 71.0 Å². The van der Waals surface area contributed by atoms with Crippen molar-refractivity contribution in [2.24, 2.45) is 0 Å². The third kappa shape index (κ3) is 5.84. The molecule has 2 N–H and O–H groups in total. The van der Waals surface area contributed by atoms with Crippen molar-refractivity contribution >= 4 is 28.2 Å². The van der Waals surface area contributed by atoms with Crippen molar-refractivity contribution in [2.75, 3.05) is 0 Å². The van der Waals surface area contributed by atoms with Gasteiger partial charge in [-0.2, -0.15) is 0 Å². The molecule has 0 saturated carbocycles. The summed E-state index contributed by atoms with van der Waals surface area (Å²) in [6.07, 6.45) is 0.925. The van der Waals surface area contributed by atoms with Gasteiger partial charge in [-0.3, -0.25) is 4.79 Å². The van der Waals surface area contributed by atoms with Crippen LogP contribution >= 0.6 is 12.2 Å². The van der Waals surface area contributed by atoms with E-state index in [0.29, 0.717) is 30.3 Å². The molecule has 0 atom stereocenters. The second kappa shape index (κ2) is 10.4. The summed E-state index contributed by atoms with van der Waals surface area (Å²) in [5.74, 6) is -0.284. The Labute approximate surface area is 198 Å².